The van der Waals surface area contributed by atoms with Gasteiger partial charge in [0.15, 0.2) is 0 Å². The van der Waals surface area contributed by atoms with E-state index in [1.54, 1.807) is 19.2 Å². The standard InChI is InChI=1S/C9H14N2O3/c1-13-5-2-6-14-9-4-3-8(7-12)10-11-9/h3-4,12H,2,5-7H2,1H3. The zero-order valence-corrected chi connectivity index (χ0v) is 8.14. The van der Waals surface area contributed by atoms with Crippen molar-refractivity contribution in [2.45, 2.75) is 13.0 Å². The molecule has 0 saturated heterocycles. The van der Waals surface area contributed by atoms with Crippen LogP contribution in [-0.4, -0.2) is 35.6 Å². The van der Waals surface area contributed by atoms with Crippen LogP contribution < -0.4 is 4.74 Å². The normalized spacial score (nSPS) is 10.1. The summed E-state index contributed by atoms with van der Waals surface area (Å²) in [6, 6.07) is 3.37. The number of hydrogen-bond donors (Lipinski definition) is 1. The highest BCUT2D eigenvalue weighted by Gasteiger charge is 1.97. The first-order chi connectivity index (χ1) is 6.86. The first kappa shape index (κ1) is 10.9. The Hall–Kier alpha value is -1.20. The van der Waals surface area contributed by atoms with E-state index in [-0.39, 0.29) is 6.61 Å². The Morgan fingerprint density at radius 3 is 2.71 bits per heavy atom. The second-order valence-corrected chi connectivity index (χ2v) is 2.72. The van der Waals surface area contributed by atoms with E-state index in [2.05, 4.69) is 10.2 Å². The molecule has 0 radical (unpaired) electrons. The van der Waals surface area contributed by atoms with E-state index >= 15 is 0 Å². The van der Waals surface area contributed by atoms with Gasteiger partial charge in [-0.1, -0.05) is 0 Å². The highest BCUT2D eigenvalue weighted by molar-refractivity contribution is 5.10. The molecule has 0 aliphatic carbocycles. The molecule has 78 valence electrons. The summed E-state index contributed by atoms with van der Waals surface area (Å²) in [5.74, 6) is 0.471. The van der Waals surface area contributed by atoms with Crippen LogP contribution in [0.2, 0.25) is 0 Å². The second-order valence-electron chi connectivity index (χ2n) is 2.72. The molecule has 5 nitrogen and oxygen atoms in total. The number of ether oxygens (including phenoxy) is 2. The van der Waals surface area contributed by atoms with Crippen LogP contribution in [0.25, 0.3) is 0 Å². The molecule has 0 spiro atoms. The Bertz CT molecular complexity index is 251. The molecule has 0 amide bonds. The molecule has 1 N–H and O–H groups in total. The molecule has 1 heterocycles. The largest absolute Gasteiger partial charge is 0.477 e. The maximum Gasteiger partial charge on any atom is 0.233 e. The van der Waals surface area contributed by atoms with Gasteiger partial charge in [0.1, 0.15) is 0 Å². The Morgan fingerprint density at radius 2 is 2.14 bits per heavy atom. The molecular weight excluding hydrogens is 184 g/mol. The van der Waals surface area contributed by atoms with Crippen molar-refractivity contribution >= 4 is 0 Å². The van der Waals surface area contributed by atoms with E-state index in [9.17, 15) is 0 Å². The smallest absolute Gasteiger partial charge is 0.233 e. The number of aliphatic hydroxyl groups is 1. The SMILES string of the molecule is COCCCOc1ccc(CO)nn1. The average Bonchev–Trinajstić information content (AvgIpc) is 2.25. The van der Waals surface area contributed by atoms with Gasteiger partial charge in [0.05, 0.1) is 18.9 Å². The molecule has 0 aliphatic rings. The van der Waals surface area contributed by atoms with Crippen molar-refractivity contribution < 1.29 is 14.6 Å². The van der Waals surface area contributed by atoms with Gasteiger partial charge < -0.3 is 14.6 Å². The van der Waals surface area contributed by atoms with Crippen LogP contribution in [0.5, 0.6) is 5.88 Å². The van der Waals surface area contributed by atoms with Crippen LogP contribution in [0, 0.1) is 0 Å². The molecule has 0 saturated carbocycles. The van der Waals surface area contributed by atoms with Gasteiger partial charge in [-0.3, -0.25) is 0 Å². The Labute approximate surface area is 82.7 Å². The molecule has 0 aliphatic heterocycles. The number of aromatic nitrogens is 2. The van der Waals surface area contributed by atoms with Crippen molar-refractivity contribution in [3.8, 4) is 5.88 Å². The lowest BCUT2D eigenvalue weighted by Crippen LogP contribution is -2.03. The van der Waals surface area contributed by atoms with Crippen molar-refractivity contribution in [1.82, 2.24) is 10.2 Å². The van der Waals surface area contributed by atoms with E-state index < -0.39 is 0 Å². The Kier molecular flexibility index (Phi) is 4.88. The molecule has 0 aromatic carbocycles. The van der Waals surface area contributed by atoms with Crippen molar-refractivity contribution in [2.75, 3.05) is 20.3 Å². The van der Waals surface area contributed by atoms with Gasteiger partial charge >= 0.3 is 0 Å². The molecule has 1 rings (SSSR count). The van der Waals surface area contributed by atoms with Gasteiger partial charge in [0, 0.05) is 26.2 Å². The van der Waals surface area contributed by atoms with Crippen molar-refractivity contribution in [3.05, 3.63) is 17.8 Å². The van der Waals surface area contributed by atoms with E-state index in [0.29, 0.717) is 24.8 Å². The number of nitrogens with zero attached hydrogens (tertiary/aromatic N) is 2. The molecule has 0 unspecified atom stereocenters. The van der Waals surface area contributed by atoms with Gasteiger partial charge in [0.2, 0.25) is 5.88 Å². The minimum atomic E-state index is -0.100. The summed E-state index contributed by atoms with van der Waals surface area (Å²) in [5, 5.41) is 16.2. The van der Waals surface area contributed by atoms with Crippen LogP contribution >= 0.6 is 0 Å². The first-order valence-electron chi connectivity index (χ1n) is 4.42. The fourth-order valence-electron chi connectivity index (χ4n) is 0.889. The first-order valence-corrected chi connectivity index (χ1v) is 4.42. The fraction of sp³-hybridized carbons (Fsp3) is 0.556. The quantitative estimate of drug-likeness (QED) is 0.669. The zero-order chi connectivity index (χ0) is 10.2. The lowest BCUT2D eigenvalue weighted by atomic mass is 10.4. The third-order valence-corrected chi connectivity index (χ3v) is 1.60. The third kappa shape index (κ3) is 3.68. The fourth-order valence-corrected chi connectivity index (χ4v) is 0.889. The van der Waals surface area contributed by atoms with Gasteiger partial charge in [0.25, 0.3) is 0 Å². The molecule has 0 fully saturated rings. The summed E-state index contributed by atoms with van der Waals surface area (Å²) in [6.07, 6.45) is 0.819. The van der Waals surface area contributed by atoms with Crippen molar-refractivity contribution in [1.29, 1.82) is 0 Å². The average molecular weight is 198 g/mol. The predicted octanol–water partition coefficient (Wildman–Crippen LogP) is 0.384. The van der Waals surface area contributed by atoms with Gasteiger partial charge in [-0.15, -0.1) is 10.2 Å². The monoisotopic (exact) mass is 198 g/mol. The summed E-state index contributed by atoms with van der Waals surface area (Å²) in [6.45, 7) is 1.13. The van der Waals surface area contributed by atoms with E-state index in [1.807, 2.05) is 0 Å². The van der Waals surface area contributed by atoms with Crippen LogP contribution in [0.3, 0.4) is 0 Å². The summed E-state index contributed by atoms with van der Waals surface area (Å²) >= 11 is 0. The number of hydrogen-bond acceptors (Lipinski definition) is 5. The number of aliphatic hydroxyl groups excluding tert-OH is 1. The minimum absolute atomic E-state index is 0.100. The molecule has 1 aromatic heterocycles. The van der Waals surface area contributed by atoms with Crippen molar-refractivity contribution in [3.63, 3.8) is 0 Å². The van der Waals surface area contributed by atoms with Crippen LogP contribution in [0.4, 0.5) is 0 Å². The van der Waals surface area contributed by atoms with Crippen LogP contribution in [0.1, 0.15) is 12.1 Å². The summed E-state index contributed by atoms with van der Waals surface area (Å²) < 4.78 is 10.1. The second kappa shape index (κ2) is 6.28. The highest BCUT2D eigenvalue weighted by atomic mass is 16.5. The van der Waals surface area contributed by atoms with Gasteiger partial charge in [-0.05, 0) is 6.07 Å². The van der Waals surface area contributed by atoms with Crippen LogP contribution in [-0.2, 0) is 11.3 Å². The van der Waals surface area contributed by atoms with E-state index in [0.717, 1.165) is 6.42 Å². The molecule has 0 atom stereocenters. The molecule has 1 aromatic rings. The molecule has 0 bridgehead atoms. The summed E-state index contributed by atoms with van der Waals surface area (Å²) in [7, 11) is 1.65. The lowest BCUT2D eigenvalue weighted by molar-refractivity contribution is 0.170. The maximum absolute atomic E-state index is 8.71. The molecular formula is C9H14N2O3. The topological polar surface area (TPSA) is 64.5 Å². The maximum atomic E-state index is 8.71. The Morgan fingerprint density at radius 1 is 1.29 bits per heavy atom. The molecule has 14 heavy (non-hydrogen) atoms. The number of rotatable bonds is 6. The number of methoxy groups -OCH3 is 1. The zero-order valence-electron chi connectivity index (χ0n) is 8.14. The van der Waals surface area contributed by atoms with Gasteiger partial charge in [-0.2, -0.15) is 0 Å². The summed E-state index contributed by atoms with van der Waals surface area (Å²) in [4.78, 5) is 0. The summed E-state index contributed by atoms with van der Waals surface area (Å²) in [5.41, 5.74) is 0.536. The third-order valence-electron chi connectivity index (χ3n) is 1.60. The minimum Gasteiger partial charge on any atom is -0.477 e. The Balaban J connectivity index is 2.29. The highest BCUT2D eigenvalue weighted by Crippen LogP contribution is 2.04. The van der Waals surface area contributed by atoms with Crippen molar-refractivity contribution in [2.24, 2.45) is 0 Å². The van der Waals surface area contributed by atoms with E-state index in [1.165, 1.54) is 0 Å². The molecule has 5 heteroatoms. The van der Waals surface area contributed by atoms with Crippen LogP contribution in [0.15, 0.2) is 12.1 Å². The van der Waals surface area contributed by atoms with E-state index in [4.69, 9.17) is 14.6 Å². The lowest BCUT2D eigenvalue weighted by Gasteiger charge is -2.03. The predicted molar refractivity (Wildman–Crippen MR) is 49.9 cm³/mol. The van der Waals surface area contributed by atoms with Gasteiger partial charge in [-0.25, -0.2) is 0 Å².